The molecule has 2 aromatic carbocycles. The Morgan fingerprint density at radius 1 is 1.18 bits per heavy atom. The maximum absolute atomic E-state index is 12.6. The summed E-state index contributed by atoms with van der Waals surface area (Å²) in [6.45, 7) is 2.12. The zero-order chi connectivity index (χ0) is 19.9. The van der Waals surface area contributed by atoms with Crippen LogP contribution in [-0.2, 0) is 9.59 Å². The highest BCUT2D eigenvalue weighted by Gasteiger charge is 2.35. The van der Waals surface area contributed by atoms with Crippen LogP contribution in [0, 0.1) is 0 Å². The summed E-state index contributed by atoms with van der Waals surface area (Å²) in [5, 5.41) is 2.83. The minimum Gasteiger partial charge on any atom is -0.495 e. The van der Waals surface area contributed by atoms with Crippen LogP contribution in [0.2, 0.25) is 0 Å². The van der Waals surface area contributed by atoms with E-state index in [9.17, 15) is 9.59 Å². The number of carbonyl (C=O) groups is 2. The van der Waals surface area contributed by atoms with Crippen molar-refractivity contribution in [2.75, 3.05) is 23.1 Å². The normalized spacial score (nSPS) is 16.3. The van der Waals surface area contributed by atoms with Gasteiger partial charge < -0.3 is 10.1 Å². The molecule has 5 nitrogen and oxygen atoms in total. The fourth-order valence-corrected chi connectivity index (χ4v) is 4.42. The van der Waals surface area contributed by atoms with Crippen molar-refractivity contribution in [3.05, 3.63) is 54.1 Å². The van der Waals surface area contributed by atoms with Gasteiger partial charge in [0, 0.05) is 12.1 Å². The van der Waals surface area contributed by atoms with Crippen molar-refractivity contribution in [1.82, 2.24) is 0 Å². The fourth-order valence-electron chi connectivity index (χ4n) is 3.25. The summed E-state index contributed by atoms with van der Waals surface area (Å²) in [6, 6.07) is 15.3. The molecule has 1 saturated heterocycles. The predicted molar refractivity (Wildman–Crippen MR) is 115 cm³/mol. The lowest BCUT2D eigenvalue weighted by atomic mass is 10.1. The number of amides is 2. The molecule has 1 heterocycles. The third kappa shape index (κ3) is 4.68. The van der Waals surface area contributed by atoms with Gasteiger partial charge in [-0.25, -0.2) is 0 Å². The quantitative estimate of drug-likeness (QED) is 0.636. The van der Waals surface area contributed by atoms with E-state index in [4.69, 9.17) is 4.74 Å². The number of unbranched alkanes of at least 4 members (excludes halogenated alkanes) is 2. The summed E-state index contributed by atoms with van der Waals surface area (Å²) >= 11 is 1.59. The largest absolute Gasteiger partial charge is 0.495 e. The molecule has 0 aliphatic carbocycles. The van der Waals surface area contributed by atoms with Gasteiger partial charge in [0.05, 0.1) is 18.6 Å². The van der Waals surface area contributed by atoms with Crippen LogP contribution in [0.1, 0.15) is 43.5 Å². The van der Waals surface area contributed by atoms with Crippen molar-refractivity contribution in [1.29, 1.82) is 0 Å². The van der Waals surface area contributed by atoms with Gasteiger partial charge in [0.2, 0.25) is 11.8 Å². The molecule has 1 aliphatic rings. The van der Waals surface area contributed by atoms with Crippen molar-refractivity contribution < 1.29 is 14.3 Å². The van der Waals surface area contributed by atoms with Gasteiger partial charge in [0.1, 0.15) is 11.1 Å². The molecule has 2 aromatic rings. The number of hydrogen-bond acceptors (Lipinski definition) is 4. The number of rotatable bonds is 8. The molecule has 0 spiro atoms. The van der Waals surface area contributed by atoms with E-state index in [2.05, 4.69) is 12.2 Å². The van der Waals surface area contributed by atoms with Gasteiger partial charge in [0.25, 0.3) is 0 Å². The highest BCUT2D eigenvalue weighted by Crippen LogP contribution is 2.44. The second-order valence-electron chi connectivity index (χ2n) is 6.73. The Labute approximate surface area is 170 Å². The van der Waals surface area contributed by atoms with Crippen LogP contribution in [0.4, 0.5) is 11.4 Å². The van der Waals surface area contributed by atoms with Crippen LogP contribution >= 0.6 is 11.8 Å². The van der Waals surface area contributed by atoms with E-state index in [0.717, 1.165) is 36.2 Å². The molecule has 0 aromatic heterocycles. The summed E-state index contributed by atoms with van der Waals surface area (Å²) in [5.41, 5.74) is 2.58. The van der Waals surface area contributed by atoms with Gasteiger partial charge in [-0.2, -0.15) is 0 Å². The number of ether oxygens (including phenoxy) is 1. The third-order valence-electron chi connectivity index (χ3n) is 4.70. The average molecular weight is 399 g/mol. The summed E-state index contributed by atoms with van der Waals surface area (Å²) in [7, 11) is 1.61. The predicted octanol–water partition coefficient (Wildman–Crippen LogP) is 4.99. The monoisotopic (exact) mass is 398 g/mol. The molecule has 1 unspecified atom stereocenters. The molecule has 0 saturated carbocycles. The Balaban J connectivity index is 1.73. The second-order valence-corrected chi connectivity index (χ2v) is 7.79. The number of nitrogens with zero attached hydrogens (tertiary/aromatic N) is 1. The Morgan fingerprint density at radius 2 is 1.93 bits per heavy atom. The molecule has 0 radical (unpaired) electrons. The second kappa shape index (κ2) is 9.64. The minimum atomic E-state index is -0.113. The number of thioether (sulfide) groups is 1. The Hall–Kier alpha value is -2.47. The van der Waals surface area contributed by atoms with Crippen LogP contribution in [0.5, 0.6) is 5.75 Å². The summed E-state index contributed by atoms with van der Waals surface area (Å²) in [4.78, 5) is 26.3. The molecule has 6 heteroatoms. The molecule has 3 rings (SSSR count). The lowest BCUT2D eigenvalue weighted by Crippen LogP contribution is -2.28. The van der Waals surface area contributed by atoms with Crippen molar-refractivity contribution in [3.63, 3.8) is 0 Å². The number of nitrogens with one attached hydrogen (secondary N) is 1. The lowest BCUT2D eigenvalue weighted by molar-refractivity contribution is -0.116. The average Bonchev–Trinajstić information content (AvgIpc) is 3.10. The number of para-hydroxylation sites is 2. The molecular formula is C22H26N2O3S. The van der Waals surface area contributed by atoms with Crippen LogP contribution in [-0.4, -0.2) is 24.7 Å². The molecule has 28 heavy (non-hydrogen) atoms. The van der Waals surface area contributed by atoms with Gasteiger partial charge >= 0.3 is 0 Å². The number of hydrogen-bond donors (Lipinski definition) is 1. The summed E-state index contributed by atoms with van der Waals surface area (Å²) < 4.78 is 5.44. The minimum absolute atomic E-state index is 0.0438. The lowest BCUT2D eigenvalue weighted by Gasteiger charge is -2.26. The topological polar surface area (TPSA) is 58.6 Å². The van der Waals surface area contributed by atoms with Crippen LogP contribution in [0.15, 0.2) is 48.5 Å². The van der Waals surface area contributed by atoms with E-state index in [0.29, 0.717) is 17.9 Å². The number of benzene rings is 2. The van der Waals surface area contributed by atoms with Gasteiger partial charge in [-0.3, -0.25) is 14.5 Å². The molecular weight excluding hydrogens is 372 g/mol. The Kier molecular flexibility index (Phi) is 6.98. The van der Waals surface area contributed by atoms with E-state index in [1.165, 1.54) is 0 Å². The standard InChI is InChI=1S/C22H26N2O3S/c1-3-4-5-10-20(25)23-17-13-11-16(12-14-17)22-24(21(26)15-28-22)18-8-6-7-9-19(18)27-2/h6-9,11-14,22H,3-5,10,15H2,1-2H3,(H,23,25). The number of methoxy groups -OCH3 is 1. The molecule has 148 valence electrons. The van der Waals surface area contributed by atoms with E-state index in [1.807, 2.05) is 48.5 Å². The van der Waals surface area contributed by atoms with Gasteiger partial charge in [-0.05, 0) is 36.2 Å². The van der Waals surface area contributed by atoms with Gasteiger partial charge in [0.15, 0.2) is 0 Å². The maximum atomic E-state index is 12.6. The highest BCUT2D eigenvalue weighted by molar-refractivity contribution is 8.00. The van der Waals surface area contributed by atoms with E-state index < -0.39 is 0 Å². The van der Waals surface area contributed by atoms with Crippen molar-refractivity contribution in [3.8, 4) is 5.75 Å². The molecule has 1 N–H and O–H groups in total. The first-order valence-electron chi connectivity index (χ1n) is 9.60. The van der Waals surface area contributed by atoms with E-state index in [-0.39, 0.29) is 17.2 Å². The van der Waals surface area contributed by atoms with Crippen LogP contribution in [0.3, 0.4) is 0 Å². The smallest absolute Gasteiger partial charge is 0.238 e. The summed E-state index contributed by atoms with van der Waals surface area (Å²) in [5.74, 6) is 1.22. The Morgan fingerprint density at radius 3 is 2.64 bits per heavy atom. The molecule has 1 aliphatic heterocycles. The van der Waals surface area contributed by atoms with Gasteiger partial charge in [-0.15, -0.1) is 11.8 Å². The van der Waals surface area contributed by atoms with Crippen LogP contribution < -0.4 is 15.0 Å². The molecule has 2 amide bonds. The number of carbonyl (C=O) groups excluding carboxylic acids is 2. The first kappa shape index (κ1) is 20.3. The maximum Gasteiger partial charge on any atom is 0.238 e. The SMILES string of the molecule is CCCCCC(=O)Nc1ccc(C2SCC(=O)N2c2ccccc2OC)cc1. The van der Waals surface area contributed by atoms with Gasteiger partial charge in [-0.1, -0.05) is 44.0 Å². The fraction of sp³-hybridized carbons (Fsp3) is 0.364. The van der Waals surface area contributed by atoms with Crippen LogP contribution in [0.25, 0.3) is 0 Å². The molecule has 1 fully saturated rings. The zero-order valence-corrected chi connectivity index (χ0v) is 17.1. The van der Waals surface area contributed by atoms with Crippen molar-refractivity contribution in [2.24, 2.45) is 0 Å². The molecule has 1 atom stereocenters. The van der Waals surface area contributed by atoms with Crippen molar-refractivity contribution in [2.45, 2.75) is 38.0 Å². The van der Waals surface area contributed by atoms with E-state index in [1.54, 1.807) is 23.8 Å². The number of anilines is 2. The Bertz CT molecular complexity index is 823. The summed E-state index contributed by atoms with van der Waals surface area (Å²) in [6.07, 6.45) is 3.62. The zero-order valence-electron chi connectivity index (χ0n) is 16.3. The van der Waals surface area contributed by atoms with E-state index >= 15 is 0 Å². The first-order chi connectivity index (χ1) is 13.6. The van der Waals surface area contributed by atoms with Crippen molar-refractivity contribution >= 4 is 35.0 Å². The highest BCUT2D eigenvalue weighted by atomic mass is 32.2. The molecule has 0 bridgehead atoms. The third-order valence-corrected chi connectivity index (χ3v) is 5.91. The first-order valence-corrected chi connectivity index (χ1v) is 10.7.